The number of aromatic amines is 1. The minimum Gasteiger partial charge on any atom is -0.497 e. The third-order valence-corrected chi connectivity index (χ3v) is 8.38. The molecule has 4 heterocycles. The number of tetrazole rings is 1. The Morgan fingerprint density at radius 2 is 1.92 bits per heavy atom. The predicted molar refractivity (Wildman–Crippen MR) is 140 cm³/mol. The normalized spacial score (nSPS) is 23.0. The predicted octanol–water partition coefficient (Wildman–Crippen LogP) is 2.74. The highest BCUT2D eigenvalue weighted by Gasteiger charge is 2.35. The third-order valence-electron chi connectivity index (χ3n) is 8.38. The van der Waals surface area contributed by atoms with Gasteiger partial charge >= 0.3 is 0 Å². The molecule has 6 rings (SSSR count). The number of nitrogens with one attached hydrogen (secondary N) is 1. The maximum atomic E-state index is 13.5. The van der Waals surface area contributed by atoms with Gasteiger partial charge in [-0.3, -0.25) is 14.6 Å². The molecular formula is C27H37N7O3. The van der Waals surface area contributed by atoms with Crippen molar-refractivity contribution in [2.45, 2.75) is 69.7 Å². The lowest BCUT2D eigenvalue weighted by atomic mass is 9.93. The molecule has 0 unspecified atom stereocenters. The van der Waals surface area contributed by atoms with Crippen LogP contribution < -0.4 is 10.3 Å². The lowest BCUT2D eigenvalue weighted by molar-refractivity contribution is 0.0593. The van der Waals surface area contributed by atoms with Crippen LogP contribution in [0.2, 0.25) is 0 Å². The maximum Gasteiger partial charge on any atom is 0.253 e. The molecule has 3 fully saturated rings. The number of rotatable bonds is 7. The van der Waals surface area contributed by atoms with E-state index in [1.54, 1.807) is 7.11 Å². The molecule has 198 valence electrons. The molecule has 1 aromatic carbocycles. The van der Waals surface area contributed by atoms with Crippen LogP contribution in [0.3, 0.4) is 0 Å². The van der Waals surface area contributed by atoms with Crippen LogP contribution in [-0.4, -0.2) is 87.0 Å². The Bertz CT molecular complexity index is 1250. The van der Waals surface area contributed by atoms with Crippen molar-refractivity contribution in [1.82, 2.24) is 35.0 Å². The molecule has 1 aliphatic carbocycles. The van der Waals surface area contributed by atoms with E-state index in [2.05, 4.69) is 30.3 Å². The Labute approximate surface area is 216 Å². The third kappa shape index (κ3) is 5.15. The van der Waals surface area contributed by atoms with Crippen LogP contribution >= 0.6 is 0 Å². The second kappa shape index (κ2) is 10.9. The van der Waals surface area contributed by atoms with Crippen molar-refractivity contribution in [3.05, 3.63) is 46.0 Å². The van der Waals surface area contributed by atoms with Crippen molar-refractivity contribution in [3.63, 3.8) is 0 Å². The number of aromatic nitrogens is 5. The van der Waals surface area contributed by atoms with E-state index in [0.717, 1.165) is 62.3 Å². The molecule has 0 spiro atoms. The summed E-state index contributed by atoms with van der Waals surface area (Å²) in [6.07, 6.45) is 8.79. The molecule has 10 nitrogen and oxygen atoms in total. The number of methoxy groups -OCH3 is 1. The first-order valence-electron chi connectivity index (χ1n) is 13.8. The lowest BCUT2D eigenvalue weighted by Gasteiger charge is -2.43. The van der Waals surface area contributed by atoms with Crippen molar-refractivity contribution in [3.8, 4) is 5.75 Å². The van der Waals surface area contributed by atoms with Gasteiger partial charge in [-0.25, -0.2) is 4.68 Å². The van der Waals surface area contributed by atoms with Crippen LogP contribution in [0.4, 0.5) is 0 Å². The van der Waals surface area contributed by atoms with Crippen LogP contribution in [-0.2, 0) is 11.3 Å². The summed E-state index contributed by atoms with van der Waals surface area (Å²) in [6, 6.07) is 8.04. The smallest absolute Gasteiger partial charge is 0.253 e. The largest absolute Gasteiger partial charge is 0.497 e. The number of pyridine rings is 1. The Kier molecular flexibility index (Phi) is 7.21. The Morgan fingerprint density at radius 3 is 2.68 bits per heavy atom. The van der Waals surface area contributed by atoms with Gasteiger partial charge in [-0.2, -0.15) is 0 Å². The molecule has 2 aliphatic heterocycles. The molecule has 2 saturated heterocycles. The Balaban J connectivity index is 1.35. The highest BCUT2D eigenvalue weighted by Crippen LogP contribution is 2.31. The molecule has 1 saturated carbocycles. The number of ether oxygens (including phenoxy) is 2. The summed E-state index contributed by atoms with van der Waals surface area (Å²) in [5, 5.41) is 13.8. The molecule has 3 aliphatic rings. The van der Waals surface area contributed by atoms with Gasteiger partial charge in [-0.15, -0.1) is 5.10 Å². The van der Waals surface area contributed by atoms with Gasteiger partial charge in [0.15, 0.2) is 5.82 Å². The molecule has 1 N–H and O–H groups in total. The fourth-order valence-corrected chi connectivity index (χ4v) is 6.36. The van der Waals surface area contributed by atoms with Gasteiger partial charge < -0.3 is 14.5 Å². The first kappa shape index (κ1) is 24.5. The van der Waals surface area contributed by atoms with E-state index in [1.165, 1.54) is 32.1 Å². The van der Waals surface area contributed by atoms with E-state index in [-0.39, 0.29) is 17.7 Å². The Hall–Kier alpha value is -2.82. The van der Waals surface area contributed by atoms with E-state index >= 15 is 0 Å². The van der Waals surface area contributed by atoms with Gasteiger partial charge in [-0.05, 0) is 60.4 Å². The van der Waals surface area contributed by atoms with Crippen molar-refractivity contribution in [2.75, 3.05) is 39.9 Å². The zero-order valence-electron chi connectivity index (χ0n) is 21.6. The van der Waals surface area contributed by atoms with Crippen molar-refractivity contribution < 1.29 is 9.47 Å². The first-order valence-corrected chi connectivity index (χ1v) is 13.8. The fourth-order valence-electron chi connectivity index (χ4n) is 6.36. The Morgan fingerprint density at radius 1 is 1.08 bits per heavy atom. The number of H-pyrrole nitrogens is 1. The molecule has 10 heteroatoms. The lowest BCUT2D eigenvalue weighted by Crippen LogP contribution is -2.52. The number of benzene rings is 1. The zero-order chi connectivity index (χ0) is 25.2. The van der Waals surface area contributed by atoms with Crippen LogP contribution in [0, 0.1) is 0 Å². The molecule has 3 aromatic rings. The summed E-state index contributed by atoms with van der Waals surface area (Å²) >= 11 is 0. The van der Waals surface area contributed by atoms with Gasteiger partial charge in [0.2, 0.25) is 0 Å². The number of hydrogen-bond acceptors (Lipinski definition) is 8. The second-order valence-electron chi connectivity index (χ2n) is 10.6. The zero-order valence-corrected chi connectivity index (χ0v) is 21.6. The SMILES string of the molecule is COc1ccc2[nH]c(=O)c([C@@H](c3nnnn3C[C@@H]3CCCO3)N3CCN(C4CCCCC4)CC3)cc2c1. The summed E-state index contributed by atoms with van der Waals surface area (Å²) in [6.45, 7) is 5.09. The van der Waals surface area contributed by atoms with Crippen molar-refractivity contribution in [2.24, 2.45) is 0 Å². The van der Waals surface area contributed by atoms with Crippen molar-refractivity contribution in [1.29, 1.82) is 0 Å². The minimum atomic E-state index is -0.343. The van der Waals surface area contributed by atoms with E-state index in [1.807, 2.05) is 28.9 Å². The van der Waals surface area contributed by atoms with Gasteiger partial charge in [0.1, 0.15) is 11.8 Å². The first-order chi connectivity index (χ1) is 18.2. The van der Waals surface area contributed by atoms with Crippen LogP contribution in [0.25, 0.3) is 10.9 Å². The van der Waals surface area contributed by atoms with Gasteiger partial charge in [0.25, 0.3) is 5.56 Å². The summed E-state index contributed by atoms with van der Waals surface area (Å²) in [5.41, 5.74) is 1.34. The second-order valence-corrected chi connectivity index (χ2v) is 10.6. The highest BCUT2D eigenvalue weighted by atomic mass is 16.5. The number of hydrogen-bond donors (Lipinski definition) is 1. The summed E-state index contributed by atoms with van der Waals surface area (Å²) in [4.78, 5) is 21.6. The molecule has 0 radical (unpaired) electrons. The van der Waals surface area contributed by atoms with E-state index in [0.29, 0.717) is 24.0 Å². The van der Waals surface area contributed by atoms with Gasteiger partial charge in [0, 0.05) is 55.3 Å². The molecule has 0 amide bonds. The average molecular weight is 508 g/mol. The van der Waals surface area contributed by atoms with Crippen LogP contribution in [0.5, 0.6) is 5.75 Å². The standard InChI is InChI=1S/C27H37N7O3/c1-36-21-9-10-24-19(16-21)17-23(27(35)28-24)25(26-29-30-31-34(26)18-22-8-5-15-37-22)33-13-11-32(12-14-33)20-6-3-2-4-7-20/h9-10,16-17,20,22,25H,2-8,11-15,18H2,1H3,(H,28,35)/t22-,25-/m0/s1. The van der Waals surface area contributed by atoms with Gasteiger partial charge in [-0.1, -0.05) is 19.3 Å². The fraction of sp³-hybridized carbons (Fsp3) is 0.630. The van der Waals surface area contributed by atoms with Gasteiger partial charge in [0.05, 0.1) is 19.8 Å². The summed E-state index contributed by atoms with van der Waals surface area (Å²) < 4.78 is 13.2. The van der Waals surface area contributed by atoms with E-state index in [4.69, 9.17) is 9.47 Å². The topological polar surface area (TPSA) is 101 Å². The molecule has 37 heavy (non-hydrogen) atoms. The quantitative estimate of drug-likeness (QED) is 0.521. The summed E-state index contributed by atoms with van der Waals surface area (Å²) in [5.74, 6) is 1.46. The maximum absolute atomic E-state index is 13.5. The van der Waals surface area contributed by atoms with Crippen LogP contribution in [0.1, 0.15) is 62.4 Å². The van der Waals surface area contributed by atoms with E-state index < -0.39 is 0 Å². The molecule has 2 aromatic heterocycles. The molecule has 0 bridgehead atoms. The average Bonchev–Trinajstić information content (AvgIpc) is 3.63. The van der Waals surface area contributed by atoms with E-state index in [9.17, 15) is 4.79 Å². The monoisotopic (exact) mass is 507 g/mol. The van der Waals surface area contributed by atoms with Crippen LogP contribution in [0.15, 0.2) is 29.1 Å². The number of piperazine rings is 1. The van der Waals surface area contributed by atoms with Crippen molar-refractivity contribution >= 4 is 10.9 Å². The highest BCUT2D eigenvalue weighted by molar-refractivity contribution is 5.80. The number of nitrogens with zero attached hydrogens (tertiary/aromatic N) is 6. The number of fused-ring (bicyclic) bond motifs is 1. The summed E-state index contributed by atoms with van der Waals surface area (Å²) in [7, 11) is 1.65. The minimum absolute atomic E-state index is 0.102. The molecule has 2 atom stereocenters. The molecular weight excluding hydrogens is 470 g/mol.